The van der Waals surface area contributed by atoms with E-state index in [-0.39, 0.29) is 5.91 Å². The Hall–Kier alpha value is -2.17. The molecular formula is C23H31N3O. The topological polar surface area (TPSA) is 35.6 Å². The summed E-state index contributed by atoms with van der Waals surface area (Å²) in [6, 6.07) is 20.8. The third-order valence-corrected chi connectivity index (χ3v) is 5.22. The summed E-state index contributed by atoms with van der Waals surface area (Å²) < 4.78 is 0. The van der Waals surface area contributed by atoms with E-state index in [9.17, 15) is 4.79 Å². The standard InChI is InChI=1S/C23H31N3O/c1-24-15-22-13-8-14-26(18-22)23(27)19-25(16-20-9-4-2-5-10-20)17-21-11-6-3-7-12-21/h2-7,9-12,22,24H,8,13-19H2,1H3. The number of carbonyl (C=O) groups excluding carboxylic acids is 1. The van der Waals surface area contributed by atoms with E-state index in [1.165, 1.54) is 17.5 Å². The Bertz CT molecular complexity index is 646. The maximum atomic E-state index is 13.0. The number of piperidine rings is 1. The van der Waals surface area contributed by atoms with Crippen LogP contribution in [0.1, 0.15) is 24.0 Å². The van der Waals surface area contributed by atoms with Crippen LogP contribution in [0.5, 0.6) is 0 Å². The second-order valence-electron chi connectivity index (χ2n) is 7.52. The number of hydrogen-bond acceptors (Lipinski definition) is 3. The fourth-order valence-corrected chi connectivity index (χ4v) is 3.89. The molecule has 0 aliphatic carbocycles. The molecule has 1 unspecified atom stereocenters. The number of likely N-dealkylation sites (tertiary alicyclic amines) is 1. The molecule has 0 radical (unpaired) electrons. The van der Waals surface area contributed by atoms with Crippen molar-refractivity contribution in [2.24, 2.45) is 5.92 Å². The van der Waals surface area contributed by atoms with Gasteiger partial charge < -0.3 is 10.2 Å². The third-order valence-electron chi connectivity index (χ3n) is 5.22. The highest BCUT2D eigenvalue weighted by Crippen LogP contribution is 2.17. The summed E-state index contributed by atoms with van der Waals surface area (Å²) in [6.45, 7) is 4.80. The Morgan fingerprint density at radius 2 is 1.63 bits per heavy atom. The van der Waals surface area contributed by atoms with Crippen LogP contribution in [0.15, 0.2) is 60.7 Å². The number of carbonyl (C=O) groups is 1. The number of amides is 1. The van der Waals surface area contributed by atoms with Gasteiger partial charge in [-0.15, -0.1) is 0 Å². The minimum Gasteiger partial charge on any atom is -0.341 e. The second kappa shape index (κ2) is 10.2. The van der Waals surface area contributed by atoms with E-state index in [1.54, 1.807) is 0 Å². The van der Waals surface area contributed by atoms with Crippen molar-refractivity contribution in [2.45, 2.75) is 25.9 Å². The molecule has 0 bridgehead atoms. The Morgan fingerprint density at radius 3 is 2.19 bits per heavy atom. The van der Waals surface area contributed by atoms with Crippen molar-refractivity contribution in [3.8, 4) is 0 Å². The molecular weight excluding hydrogens is 334 g/mol. The van der Waals surface area contributed by atoms with E-state index in [0.717, 1.165) is 39.1 Å². The first-order chi connectivity index (χ1) is 13.2. The third kappa shape index (κ3) is 6.19. The van der Waals surface area contributed by atoms with Gasteiger partial charge in [0.1, 0.15) is 0 Å². The predicted octanol–water partition coefficient (Wildman–Crippen LogP) is 3.15. The Balaban J connectivity index is 1.65. The normalized spacial score (nSPS) is 17.3. The zero-order valence-electron chi connectivity index (χ0n) is 16.3. The fraction of sp³-hybridized carbons (Fsp3) is 0.435. The van der Waals surface area contributed by atoms with Crippen LogP contribution in [0.3, 0.4) is 0 Å². The molecule has 4 nitrogen and oxygen atoms in total. The lowest BCUT2D eigenvalue weighted by Gasteiger charge is -2.34. The molecule has 1 fully saturated rings. The molecule has 1 atom stereocenters. The van der Waals surface area contributed by atoms with E-state index >= 15 is 0 Å². The monoisotopic (exact) mass is 365 g/mol. The first kappa shape index (κ1) is 19.6. The summed E-state index contributed by atoms with van der Waals surface area (Å²) in [4.78, 5) is 17.3. The SMILES string of the molecule is CNCC1CCCN(C(=O)CN(Cc2ccccc2)Cc2ccccc2)C1. The number of nitrogens with zero attached hydrogens (tertiary/aromatic N) is 2. The molecule has 1 amide bonds. The Labute approximate surface area is 163 Å². The van der Waals surface area contributed by atoms with Gasteiger partial charge in [-0.05, 0) is 43.5 Å². The second-order valence-corrected chi connectivity index (χ2v) is 7.52. The highest BCUT2D eigenvalue weighted by atomic mass is 16.2. The van der Waals surface area contributed by atoms with E-state index in [4.69, 9.17) is 0 Å². The van der Waals surface area contributed by atoms with Gasteiger partial charge in [0.25, 0.3) is 0 Å². The van der Waals surface area contributed by atoms with Crippen molar-refractivity contribution in [1.29, 1.82) is 0 Å². The van der Waals surface area contributed by atoms with Gasteiger partial charge in [0.05, 0.1) is 6.54 Å². The average Bonchev–Trinajstić information content (AvgIpc) is 2.70. The van der Waals surface area contributed by atoms with Gasteiger partial charge in [-0.3, -0.25) is 9.69 Å². The van der Waals surface area contributed by atoms with Gasteiger partial charge >= 0.3 is 0 Å². The smallest absolute Gasteiger partial charge is 0.236 e. The van der Waals surface area contributed by atoms with Crippen molar-refractivity contribution >= 4 is 5.91 Å². The van der Waals surface area contributed by atoms with Crippen molar-refractivity contribution in [3.63, 3.8) is 0 Å². The minimum atomic E-state index is 0.252. The number of benzene rings is 2. The van der Waals surface area contributed by atoms with E-state index in [1.807, 2.05) is 19.2 Å². The van der Waals surface area contributed by atoms with Crippen LogP contribution in [-0.2, 0) is 17.9 Å². The summed E-state index contributed by atoms with van der Waals surface area (Å²) in [5.41, 5.74) is 2.49. The molecule has 1 aliphatic heterocycles. The lowest BCUT2D eigenvalue weighted by Crippen LogP contribution is -2.46. The highest BCUT2D eigenvalue weighted by Gasteiger charge is 2.24. The summed E-state index contributed by atoms with van der Waals surface area (Å²) in [6.07, 6.45) is 2.32. The number of nitrogens with one attached hydrogen (secondary N) is 1. The summed E-state index contributed by atoms with van der Waals surface area (Å²) >= 11 is 0. The zero-order valence-corrected chi connectivity index (χ0v) is 16.3. The Morgan fingerprint density at radius 1 is 1.04 bits per heavy atom. The molecule has 2 aromatic carbocycles. The number of hydrogen-bond donors (Lipinski definition) is 1. The molecule has 144 valence electrons. The predicted molar refractivity (Wildman–Crippen MR) is 110 cm³/mol. The van der Waals surface area contributed by atoms with Crippen molar-refractivity contribution in [1.82, 2.24) is 15.1 Å². The van der Waals surface area contributed by atoms with Crippen molar-refractivity contribution < 1.29 is 4.79 Å². The molecule has 2 aromatic rings. The zero-order chi connectivity index (χ0) is 18.9. The Kier molecular flexibility index (Phi) is 7.43. The van der Waals surface area contributed by atoms with E-state index in [2.05, 4.69) is 63.6 Å². The molecule has 1 saturated heterocycles. The summed E-state index contributed by atoms with van der Waals surface area (Å²) in [7, 11) is 1.99. The largest absolute Gasteiger partial charge is 0.341 e. The van der Waals surface area contributed by atoms with Crippen LogP contribution < -0.4 is 5.32 Å². The lowest BCUT2D eigenvalue weighted by atomic mass is 9.98. The van der Waals surface area contributed by atoms with Crippen LogP contribution in [0.25, 0.3) is 0 Å². The molecule has 27 heavy (non-hydrogen) atoms. The van der Waals surface area contributed by atoms with Crippen LogP contribution in [0.2, 0.25) is 0 Å². The number of rotatable bonds is 8. The van der Waals surface area contributed by atoms with Crippen molar-refractivity contribution in [3.05, 3.63) is 71.8 Å². The van der Waals surface area contributed by atoms with Gasteiger partial charge in [0, 0.05) is 26.2 Å². The van der Waals surface area contributed by atoms with Crippen LogP contribution >= 0.6 is 0 Å². The quantitative estimate of drug-likeness (QED) is 0.781. The molecule has 0 spiro atoms. The maximum Gasteiger partial charge on any atom is 0.236 e. The molecule has 0 aromatic heterocycles. The van der Waals surface area contributed by atoms with E-state index in [0.29, 0.717) is 12.5 Å². The van der Waals surface area contributed by atoms with Crippen molar-refractivity contribution in [2.75, 3.05) is 33.2 Å². The molecule has 1 N–H and O–H groups in total. The lowest BCUT2D eigenvalue weighted by molar-refractivity contribution is -0.134. The molecule has 0 saturated carbocycles. The van der Waals surface area contributed by atoms with Gasteiger partial charge in [0.15, 0.2) is 0 Å². The van der Waals surface area contributed by atoms with E-state index < -0.39 is 0 Å². The first-order valence-corrected chi connectivity index (χ1v) is 9.97. The molecule has 1 aliphatic rings. The summed E-state index contributed by atoms with van der Waals surface area (Å²) in [5, 5.41) is 3.25. The molecule has 3 rings (SSSR count). The van der Waals surface area contributed by atoms with Gasteiger partial charge in [0.2, 0.25) is 5.91 Å². The maximum absolute atomic E-state index is 13.0. The van der Waals surface area contributed by atoms with Gasteiger partial charge in [-0.2, -0.15) is 0 Å². The van der Waals surface area contributed by atoms with Crippen LogP contribution in [0, 0.1) is 5.92 Å². The first-order valence-electron chi connectivity index (χ1n) is 9.97. The van der Waals surface area contributed by atoms with Crippen LogP contribution in [0.4, 0.5) is 0 Å². The van der Waals surface area contributed by atoms with Gasteiger partial charge in [-0.1, -0.05) is 60.7 Å². The average molecular weight is 366 g/mol. The molecule has 4 heteroatoms. The van der Waals surface area contributed by atoms with Crippen LogP contribution in [-0.4, -0.2) is 48.9 Å². The fourth-order valence-electron chi connectivity index (χ4n) is 3.89. The minimum absolute atomic E-state index is 0.252. The van der Waals surface area contributed by atoms with Gasteiger partial charge in [-0.25, -0.2) is 0 Å². The summed E-state index contributed by atoms with van der Waals surface area (Å²) in [5.74, 6) is 0.826. The molecule has 1 heterocycles. The highest BCUT2D eigenvalue weighted by molar-refractivity contribution is 5.78.